The highest BCUT2D eigenvalue weighted by Gasteiger charge is 2.34. The van der Waals surface area contributed by atoms with Crippen LogP contribution in [0.15, 0.2) is 23.1 Å². The van der Waals surface area contributed by atoms with E-state index in [0.29, 0.717) is 18.7 Å². The maximum atomic E-state index is 13.3. The first-order valence-electron chi connectivity index (χ1n) is 6.25. The standard InChI is InChI=1S/C12H16F4N2O2S.ClH/c1-2-5-17-6-7-18-21(19,20)9-3-4-10(11(13)8-9)12(14,15)16;/h3-4,8,17-18H,2,5-7H2,1H3;1H. The summed E-state index contributed by atoms with van der Waals surface area (Å²) in [5.41, 5.74) is -1.49. The van der Waals surface area contributed by atoms with Gasteiger partial charge in [-0.3, -0.25) is 0 Å². The summed E-state index contributed by atoms with van der Waals surface area (Å²) in [5, 5.41) is 2.95. The van der Waals surface area contributed by atoms with E-state index < -0.39 is 32.5 Å². The van der Waals surface area contributed by atoms with E-state index >= 15 is 0 Å². The SMILES string of the molecule is CCCNCCNS(=O)(=O)c1ccc(C(F)(F)F)c(F)c1.Cl. The lowest BCUT2D eigenvalue weighted by molar-refractivity contribution is -0.140. The molecule has 0 aliphatic heterocycles. The molecule has 0 atom stereocenters. The lowest BCUT2D eigenvalue weighted by Gasteiger charge is -2.11. The second-order valence-corrected chi connectivity index (χ2v) is 6.05. The molecule has 0 amide bonds. The van der Waals surface area contributed by atoms with Gasteiger partial charge < -0.3 is 5.32 Å². The van der Waals surface area contributed by atoms with Gasteiger partial charge in [-0.05, 0) is 31.2 Å². The minimum absolute atomic E-state index is 0. The first kappa shape index (κ1) is 21.1. The first-order valence-corrected chi connectivity index (χ1v) is 7.74. The third-order valence-corrected chi connectivity index (χ3v) is 4.04. The topological polar surface area (TPSA) is 58.2 Å². The largest absolute Gasteiger partial charge is 0.419 e. The van der Waals surface area contributed by atoms with Gasteiger partial charge in [0.05, 0.1) is 10.5 Å². The molecule has 10 heteroatoms. The number of alkyl halides is 3. The normalized spacial score (nSPS) is 12.0. The monoisotopic (exact) mass is 364 g/mol. The lowest BCUT2D eigenvalue weighted by Crippen LogP contribution is -2.32. The molecule has 0 unspecified atom stereocenters. The molecule has 0 aliphatic carbocycles. The summed E-state index contributed by atoms with van der Waals surface area (Å²) in [7, 11) is -4.03. The van der Waals surface area contributed by atoms with Crippen LogP contribution in [0.2, 0.25) is 0 Å². The molecule has 4 nitrogen and oxygen atoms in total. The van der Waals surface area contributed by atoms with Crippen LogP contribution in [-0.4, -0.2) is 28.1 Å². The summed E-state index contributed by atoms with van der Waals surface area (Å²) >= 11 is 0. The Morgan fingerprint density at radius 2 is 1.77 bits per heavy atom. The van der Waals surface area contributed by atoms with E-state index in [0.717, 1.165) is 19.0 Å². The Morgan fingerprint density at radius 1 is 1.14 bits per heavy atom. The smallest absolute Gasteiger partial charge is 0.315 e. The van der Waals surface area contributed by atoms with E-state index in [9.17, 15) is 26.0 Å². The highest BCUT2D eigenvalue weighted by molar-refractivity contribution is 7.89. The molecule has 22 heavy (non-hydrogen) atoms. The highest BCUT2D eigenvalue weighted by Crippen LogP contribution is 2.32. The van der Waals surface area contributed by atoms with Crippen molar-refractivity contribution >= 4 is 22.4 Å². The summed E-state index contributed by atoms with van der Waals surface area (Å²) in [6.07, 6.45) is -3.97. The quantitative estimate of drug-likeness (QED) is 0.577. The van der Waals surface area contributed by atoms with Crippen LogP contribution >= 0.6 is 12.4 Å². The zero-order chi connectivity index (χ0) is 16.1. The predicted octanol–water partition coefficient (Wildman–Crippen LogP) is 2.54. The van der Waals surface area contributed by atoms with Crippen LogP contribution in [-0.2, 0) is 16.2 Å². The maximum Gasteiger partial charge on any atom is 0.419 e. The van der Waals surface area contributed by atoms with Crippen molar-refractivity contribution in [1.29, 1.82) is 0 Å². The molecule has 1 aromatic rings. The van der Waals surface area contributed by atoms with Gasteiger partial charge in [0.2, 0.25) is 10.0 Å². The van der Waals surface area contributed by atoms with Crippen molar-refractivity contribution < 1.29 is 26.0 Å². The van der Waals surface area contributed by atoms with Crippen molar-refractivity contribution in [2.75, 3.05) is 19.6 Å². The minimum Gasteiger partial charge on any atom is -0.315 e. The Balaban J connectivity index is 0.00000441. The van der Waals surface area contributed by atoms with Gasteiger partial charge in [-0.2, -0.15) is 13.2 Å². The fourth-order valence-electron chi connectivity index (χ4n) is 1.55. The van der Waals surface area contributed by atoms with Crippen molar-refractivity contribution in [2.24, 2.45) is 0 Å². The second-order valence-electron chi connectivity index (χ2n) is 4.29. The van der Waals surface area contributed by atoms with Crippen molar-refractivity contribution in [1.82, 2.24) is 10.0 Å². The molecule has 2 N–H and O–H groups in total. The Hall–Kier alpha value is -0.900. The van der Waals surface area contributed by atoms with Crippen LogP contribution < -0.4 is 10.0 Å². The van der Waals surface area contributed by atoms with Gasteiger partial charge in [0.1, 0.15) is 5.82 Å². The van der Waals surface area contributed by atoms with Crippen molar-refractivity contribution in [3.05, 3.63) is 29.6 Å². The summed E-state index contributed by atoms with van der Waals surface area (Å²) in [6, 6.07) is 1.51. The molecule has 128 valence electrons. The number of sulfonamides is 1. The molecular formula is C12H17ClF4N2O2S. The van der Waals surface area contributed by atoms with Crippen LogP contribution in [0.5, 0.6) is 0 Å². The van der Waals surface area contributed by atoms with Gasteiger partial charge in [0.15, 0.2) is 0 Å². The molecule has 0 aliphatic rings. The predicted molar refractivity (Wildman–Crippen MR) is 77.0 cm³/mol. The van der Waals surface area contributed by atoms with Crippen LogP contribution in [0.3, 0.4) is 0 Å². The molecule has 0 bridgehead atoms. The number of hydrogen-bond acceptors (Lipinski definition) is 3. The van der Waals surface area contributed by atoms with Crippen molar-refractivity contribution in [3.8, 4) is 0 Å². The van der Waals surface area contributed by atoms with Crippen molar-refractivity contribution in [3.63, 3.8) is 0 Å². The highest BCUT2D eigenvalue weighted by atomic mass is 35.5. The Labute approximate surface area is 132 Å². The van der Waals surface area contributed by atoms with E-state index in [1.807, 2.05) is 6.92 Å². The Bertz CT molecular complexity index is 579. The van der Waals surface area contributed by atoms with Gasteiger partial charge in [0, 0.05) is 13.1 Å². The van der Waals surface area contributed by atoms with E-state index in [1.54, 1.807) is 0 Å². The zero-order valence-corrected chi connectivity index (χ0v) is 13.3. The number of rotatable bonds is 7. The summed E-state index contributed by atoms with van der Waals surface area (Å²) in [4.78, 5) is -0.538. The number of nitrogens with one attached hydrogen (secondary N) is 2. The van der Waals surface area contributed by atoms with Crippen molar-refractivity contribution in [2.45, 2.75) is 24.4 Å². The lowest BCUT2D eigenvalue weighted by atomic mass is 10.2. The third-order valence-electron chi connectivity index (χ3n) is 2.58. The number of halogens is 5. The third kappa shape index (κ3) is 6.07. The average Bonchev–Trinajstić information content (AvgIpc) is 2.36. The Kier molecular flexibility index (Phi) is 8.30. The minimum atomic E-state index is -4.86. The summed E-state index contributed by atoms with van der Waals surface area (Å²) in [5.74, 6) is -1.62. The van der Waals surface area contributed by atoms with Crippen LogP contribution in [0.1, 0.15) is 18.9 Å². The van der Waals surface area contributed by atoms with E-state index in [1.165, 1.54) is 0 Å². The fraction of sp³-hybridized carbons (Fsp3) is 0.500. The molecule has 0 saturated carbocycles. The molecule has 0 saturated heterocycles. The molecular weight excluding hydrogens is 348 g/mol. The number of hydrogen-bond donors (Lipinski definition) is 2. The maximum absolute atomic E-state index is 13.3. The molecule has 0 fully saturated rings. The molecule has 1 rings (SSSR count). The zero-order valence-electron chi connectivity index (χ0n) is 11.7. The van der Waals surface area contributed by atoms with Crippen LogP contribution in [0.25, 0.3) is 0 Å². The van der Waals surface area contributed by atoms with Crippen LogP contribution in [0, 0.1) is 5.82 Å². The first-order chi connectivity index (χ1) is 9.68. The van der Waals surface area contributed by atoms with Gasteiger partial charge in [0.25, 0.3) is 0 Å². The molecule has 0 heterocycles. The van der Waals surface area contributed by atoms with E-state index in [4.69, 9.17) is 0 Å². The summed E-state index contributed by atoms with van der Waals surface area (Å²) in [6.45, 7) is 3.10. The molecule has 0 spiro atoms. The van der Waals surface area contributed by atoms with Gasteiger partial charge in [-0.15, -0.1) is 12.4 Å². The number of benzene rings is 1. The Morgan fingerprint density at radius 3 is 2.27 bits per heavy atom. The summed E-state index contributed by atoms with van der Waals surface area (Å²) < 4.78 is 76.3. The van der Waals surface area contributed by atoms with E-state index in [-0.39, 0.29) is 19.0 Å². The van der Waals surface area contributed by atoms with Gasteiger partial charge in [-0.25, -0.2) is 17.5 Å². The van der Waals surface area contributed by atoms with Gasteiger partial charge in [-0.1, -0.05) is 6.92 Å². The molecule has 1 aromatic carbocycles. The average molecular weight is 365 g/mol. The molecule has 0 aromatic heterocycles. The van der Waals surface area contributed by atoms with Crippen LogP contribution in [0.4, 0.5) is 17.6 Å². The fourth-order valence-corrected chi connectivity index (χ4v) is 2.60. The second kappa shape index (κ2) is 8.66. The molecule has 0 radical (unpaired) electrons. The van der Waals surface area contributed by atoms with Gasteiger partial charge >= 0.3 is 6.18 Å². The van der Waals surface area contributed by atoms with E-state index in [2.05, 4.69) is 10.0 Å².